The highest BCUT2D eigenvalue weighted by atomic mass is 35.5. The van der Waals surface area contributed by atoms with E-state index in [4.69, 9.17) is 4.42 Å². The van der Waals surface area contributed by atoms with Gasteiger partial charge in [-0.15, -0.1) is 12.4 Å². The molecule has 7 nitrogen and oxygen atoms in total. The number of carbonyl (C=O) groups is 1. The van der Waals surface area contributed by atoms with E-state index in [1.165, 1.54) is 17.5 Å². The monoisotopic (exact) mass is 366 g/mol. The Morgan fingerprint density at radius 2 is 2.04 bits per heavy atom. The number of furan rings is 1. The van der Waals surface area contributed by atoms with Crippen LogP contribution in [0.15, 0.2) is 15.4 Å². The molecular formula is C14H23ClN2O5S. The Labute approximate surface area is 142 Å². The second-order valence-corrected chi connectivity index (χ2v) is 7.12. The Morgan fingerprint density at radius 1 is 1.43 bits per heavy atom. The molecule has 1 N–H and O–H groups in total. The van der Waals surface area contributed by atoms with Crippen molar-refractivity contribution in [3.63, 3.8) is 0 Å². The maximum atomic E-state index is 12.8. The summed E-state index contributed by atoms with van der Waals surface area (Å²) in [5.74, 6) is -0.468. The van der Waals surface area contributed by atoms with Crippen LogP contribution in [0.2, 0.25) is 0 Å². The quantitative estimate of drug-likeness (QED) is 0.793. The molecule has 1 saturated heterocycles. The maximum Gasteiger partial charge on any atom is 0.373 e. The van der Waals surface area contributed by atoms with E-state index in [-0.39, 0.29) is 28.8 Å². The van der Waals surface area contributed by atoms with Gasteiger partial charge in [0.25, 0.3) is 0 Å². The van der Waals surface area contributed by atoms with Gasteiger partial charge >= 0.3 is 5.97 Å². The highest BCUT2D eigenvalue weighted by Crippen LogP contribution is 2.27. The SMILES string of the molecule is CCc1oc(C(=O)OC)cc1S(=O)(=O)N1CCC(NC)CC1.Cl. The fourth-order valence-corrected chi connectivity index (χ4v) is 4.30. The Kier molecular flexibility index (Phi) is 7.06. The van der Waals surface area contributed by atoms with Crippen molar-refractivity contribution in [3.05, 3.63) is 17.6 Å². The first-order valence-electron chi connectivity index (χ1n) is 7.32. The predicted octanol–water partition coefficient (Wildman–Crippen LogP) is 1.42. The Bertz CT molecular complexity index is 636. The zero-order valence-electron chi connectivity index (χ0n) is 13.5. The molecule has 1 aromatic rings. The lowest BCUT2D eigenvalue weighted by molar-refractivity contribution is 0.0563. The highest BCUT2D eigenvalue weighted by molar-refractivity contribution is 7.89. The van der Waals surface area contributed by atoms with Crippen molar-refractivity contribution >= 4 is 28.4 Å². The topological polar surface area (TPSA) is 88.8 Å². The third-order valence-electron chi connectivity index (χ3n) is 3.96. The molecule has 0 saturated carbocycles. The highest BCUT2D eigenvalue weighted by Gasteiger charge is 2.33. The van der Waals surface area contributed by atoms with Crippen molar-refractivity contribution in [3.8, 4) is 0 Å². The molecule has 23 heavy (non-hydrogen) atoms. The van der Waals surface area contributed by atoms with Gasteiger partial charge in [-0.25, -0.2) is 13.2 Å². The molecule has 1 aliphatic heterocycles. The first kappa shape index (κ1) is 20.0. The van der Waals surface area contributed by atoms with Crippen LogP contribution >= 0.6 is 12.4 Å². The van der Waals surface area contributed by atoms with Crippen LogP contribution in [-0.2, 0) is 21.2 Å². The third-order valence-corrected chi connectivity index (χ3v) is 5.90. The summed E-state index contributed by atoms with van der Waals surface area (Å²) in [5, 5.41) is 3.16. The minimum atomic E-state index is -3.65. The summed E-state index contributed by atoms with van der Waals surface area (Å²) in [7, 11) is -0.546. The van der Waals surface area contributed by atoms with Crippen molar-refractivity contribution in [2.24, 2.45) is 0 Å². The van der Waals surface area contributed by atoms with Gasteiger partial charge in [0.1, 0.15) is 10.7 Å². The Balaban J connectivity index is 0.00000264. The van der Waals surface area contributed by atoms with Crippen LogP contribution in [0.1, 0.15) is 36.1 Å². The van der Waals surface area contributed by atoms with E-state index in [1.807, 2.05) is 7.05 Å². The van der Waals surface area contributed by atoms with Crippen LogP contribution < -0.4 is 5.32 Å². The van der Waals surface area contributed by atoms with Gasteiger partial charge in [-0.05, 0) is 19.9 Å². The predicted molar refractivity (Wildman–Crippen MR) is 87.5 cm³/mol. The zero-order chi connectivity index (χ0) is 16.3. The van der Waals surface area contributed by atoms with E-state index in [1.54, 1.807) is 6.92 Å². The number of nitrogens with one attached hydrogen (secondary N) is 1. The smallest absolute Gasteiger partial charge is 0.373 e. The van der Waals surface area contributed by atoms with Crippen LogP contribution in [0.25, 0.3) is 0 Å². The number of carbonyl (C=O) groups excluding carboxylic acids is 1. The number of hydrogen-bond acceptors (Lipinski definition) is 6. The van der Waals surface area contributed by atoms with Gasteiger partial charge < -0.3 is 14.5 Å². The molecule has 0 spiro atoms. The van der Waals surface area contributed by atoms with Crippen molar-refractivity contribution < 1.29 is 22.4 Å². The second kappa shape index (κ2) is 8.14. The van der Waals surface area contributed by atoms with E-state index < -0.39 is 16.0 Å². The van der Waals surface area contributed by atoms with Crippen molar-refractivity contribution in [2.45, 2.75) is 37.1 Å². The number of ether oxygens (including phenoxy) is 1. The number of nitrogens with zero attached hydrogens (tertiary/aromatic N) is 1. The molecule has 0 bridgehead atoms. The van der Waals surface area contributed by atoms with Crippen LogP contribution in [-0.4, -0.2) is 52.0 Å². The molecule has 0 aromatic carbocycles. The number of sulfonamides is 1. The number of aryl methyl sites for hydroxylation is 1. The van der Waals surface area contributed by atoms with Gasteiger partial charge in [0.2, 0.25) is 15.8 Å². The maximum absolute atomic E-state index is 12.8. The molecule has 1 fully saturated rings. The number of hydrogen-bond donors (Lipinski definition) is 1. The largest absolute Gasteiger partial charge is 0.463 e. The first-order chi connectivity index (χ1) is 10.4. The van der Waals surface area contributed by atoms with Crippen LogP contribution in [0, 0.1) is 0 Å². The summed E-state index contributed by atoms with van der Waals surface area (Å²) >= 11 is 0. The van der Waals surface area contributed by atoms with Gasteiger partial charge in [-0.3, -0.25) is 0 Å². The number of methoxy groups -OCH3 is 1. The Hall–Kier alpha value is -1.09. The number of piperidine rings is 1. The molecule has 0 amide bonds. The van der Waals surface area contributed by atoms with Crippen LogP contribution in [0.3, 0.4) is 0 Å². The molecule has 1 aliphatic rings. The van der Waals surface area contributed by atoms with E-state index >= 15 is 0 Å². The molecule has 0 aliphatic carbocycles. The van der Waals surface area contributed by atoms with Gasteiger partial charge in [0.05, 0.1) is 7.11 Å². The van der Waals surface area contributed by atoms with E-state index in [2.05, 4.69) is 10.1 Å². The van der Waals surface area contributed by atoms with Crippen molar-refractivity contribution in [1.29, 1.82) is 0 Å². The van der Waals surface area contributed by atoms with Crippen LogP contribution in [0.5, 0.6) is 0 Å². The summed E-state index contributed by atoms with van der Waals surface area (Å²) in [6, 6.07) is 1.61. The van der Waals surface area contributed by atoms with E-state index in [0.717, 1.165) is 12.8 Å². The molecule has 0 radical (unpaired) electrons. The number of halogens is 1. The van der Waals surface area contributed by atoms with Crippen LogP contribution in [0.4, 0.5) is 0 Å². The lowest BCUT2D eigenvalue weighted by atomic mass is 10.1. The van der Waals surface area contributed by atoms with Gasteiger partial charge in [-0.1, -0.05) is 6.92 Å². The fraction of sp³-hybridized carbons (Fsp3) is 0.643. The summed E-state index contributed by atoms with van der Waals surface area (Å²) in [6.45, 7) is 2.69. The molecule has 2 heterocycles. The Morgan fingerprint density at radius 3 is 2.52 bits per heavy atom. The molecule has 1 aromatic heterocycles. The van der Waals surface area contributed by atoms with Crippen molar-refractivity contribution in [2.75, 3.05) is 27.2 Å². The normalized spacial score (nSPS) is 16.8. The summed E-state index contributed by atoms with van der Waals surface area (Å²) in [6.07, 6.45) is 1.91. The molecule has 132 valence electrons. The van der Waals surface area contributed by atoms with E-state index in [9.17, 15) is 13.2 Å². The first-order valence-corrected chi connectivity index (χ1v) is 8.76. The van der Waals surface area contributed by atoms with Gasteiger partial charge in [0, 0.05) is 31.6 Å². The van der Waals surface area contributed by atoms with Crippen molar-refractivity contribution in [1.82, 2.24) is 9.62 Å². The minimum Gasteiger partial charge on any atom is -0.463 e. The zero-order valence-corrected chi connectivity index (χ0v) is 15.1. The van der Waals surface area contributed by atoms with Gasteiger partial charge in [0.15, 0.2) is 0 Å². The van der Waals surface area contributed by atoms with E-state index in [0.29, 0.717) is 25.6 Å². The summed E-state index contributed by atoms with van der Waals surface area (Å²) < 4.78 is 36.9. The molecular weight excluding hydrogens is 344 g/mol. The molecule has 0 atom stereocenters. The standard InChI is InChI=1S/C14H22N2O5S.ClH/c1-4-11-13(9-12(21-11)14(17)20-3)22(18,19)16-7-5-10(15-2)6-8-16;/h9-10,15H,4-8H2,1-3H3;1H. The third kappa shape index (κ3) is 4.06. The number of rotatable bonds is 5. The second-order valence-electron chi connectivity index (χ2n) is 5.21. The fourth-order valence-electron chi connectivity index (χ4n) is 2.60. The average Bonchev–Trinajstić information content (AvgIpc) is 2.99. The lowest BCUT2D eigenvalue weighted by Gasteiger charge is -2.30. The summed E-state index contributed by atoms with van der Waals surface area (Å²) in [5.41, 5.74) is 0. The summed E-state index contributed by atoms with van der Waals surface area (Å²) in [4.78, 5) is 11.6. The lowest BCUT2D eigenvalue weighted by Crippen LogP contribution is -2.43. The molecule has 0 unspecified atom stereocenters. The molecule has 2 rings (SSSR count). The molecule has 9 heteroatoms. The number of esters is 1. The average molecular weight is 367 g/mol. The van der Waals surface area contributed by atoms with Gasteiger partial charge in [-0.2, -0.15) is 4.31 Å². The minimum absolute atomic E-state index is 0.